The second-order valence-corrected chi connectivity index (χ2v) is 6.72. The van der Waals surface area contributed by atoms with Gasteiger partial charge in [-0.2, -0.15) is 13.2 Å². The minimum atomic E-state index is -4.32. The fourth-order valence-electron chi connectivity index (χ4n) is 2.96. The van der Waals surface area contributed by atoms with E-state index in [9.17, 15) is 13.2 Å². The first-order valence-electron chi connectivity index (χ1n) is 7.15. The van der Waals surface area contributed by atoms with Gasteiger partial charge in [-0.1, -0.05) is 20.3 Å². The van der Waals surface area contributed by atoms with Crippen molar-refractivity contribution in [3.63, 3.8) is 0 Å². The van der Waals surface area contributed by atoms with E-state index in [0.29, 0.717) is 11.8 Å². The van der Waals surface area contributed by atoms with E-state index in [1.807, 2.05) is 0 Å². The Morgan fingerprint density at radius 2 is 2.15 bits per heavy atom. The molecule has 3 atom stereocenters. The van der Waals surface area contributed by atoms with Gasteiger partial charge in [-0.3, -0.25) is 0 Å². The average molecular weight is 306 g/mol. The monoisotopic (exact) mass is 306 g/mol. The summed E-state index contributed by atoms with van der Waals surface area (Å²) < 4.78 is 38.0. The third-order valence-electron chi connectivity index (χ3n) is 4.04. The van der Waals surface area contributed by atoms with Gasteiger partial charge in [0, 0.05) is 11.1 Å². The molecule has 2 rings (SSSR count). The molecule has 3 unspecified atom stereocenters. The number of rotatable bonds is 4. The number of hydrogen-bond donors (Lipinski definition) is 1. The Kier molecular flexibility index (Phi) is 5.07. The molecule has 20 heavy (non-hydrogen) atoms. The number of aromatic nitrogens is 1. The minimum absolute atomic E-state index is 0.214. The largest absolute Gasteiger partial charge is 0.443 e. The average Bonchev–Trinajstić information content (AvgIpc) is 2.86. The summed E-state index contributed by atoms with van der Waals surface area (Å²) in [6, 6.07) is 0. The van der Waals surface area contributed by atoms with Crippen molar-refractivity contribution in [3.8, 4) is 0 Å². The molecule has 1 aromatic rings. The van der Waals surface area contributed by atoms with Crippen LogP contribution in [-0.2, 0) is 6.18 Å². The van der Waals surface area contributed by atoms with Gasteiger partial charge in [-0.05, 0) is 43.7 Å². The lowest BCUT2D eigenvalue weighted by atomic mass is 9.74. The Bertz CT molecular complexity index is 428. The van der Waals surface area contributed by atoms with E-state index in [1.54, 1.807) is 0 Å². The van der Waals surface area contributed by atoms with Gasteiger partial charge < -0.3 is 5.32 Å². The molecule has 0 bridgehead atoms. The Balaban J connectivity index is 2.15. The molecule has 0 saturated heterocycles. The van der Waals surface area contributed by atoms with Crippen LogP contribution in [0.4, 0.5) is 13.2 Å². The summed E-state index contributed by atoms with van der Waals surface area (Å²) in [4.78, 5) is 4.37. The fourth-order valence-corrected chi connectivity index (χ4v) is 3.95. The first-order valence-corrected chi connectivity index (χ1v) is 7.97. The first-order chi connectivity index (χ1) is 9.41. The van der Waals surface area contributed by atoms with Crippen molar-refractivity contribution in [1.82, 2.24) is 10.3 Å². The van der Waals surface area contributed by atoms with Crippen LogP contribution in [-0.4, -0.2) is 18.1 Å². The Morgan fingerprint density at radius 1 is 1.40 bits per heavy atom. The highest BCUT2D eigenvalue weighted by Gasteiger charge is 2.37. The van der Waals surface area contributed by atoms with E-state index in [-0.39, 0.29) is 5.92 Å². The Morgan fingerprint density at radius 3 is 2.75 bits per heavy atom. The minimum Gasteiger partial charge on any atom is -0.317 e. The Labute approximate surface area is 121 Å². The molecule has 114 valence electrons. The van der Waals surface area contributed by atoms with E-state index in [0.717, 1.165) is 48.6 Å². The van der Waals surface area contributed by atoms with Crippen molar-refractivity contribution in [2.24, 2.45) is 11.8 Å². The SMILES string of the molecule is CCNCC1CCC(C)CC1c1cnc(C(F)(F)F)s1. The van der Waals surface area contributed by atoms with E-state index < -0.39 is 11.2 Å². The number of nitrogens with zero attached hydrogens (tertiary/aromatic N) is 1. The van der Waals surface area contributed by atoms with Gasteiger partial charge in [0.05, 0.1) is 0 Å². The molecule has 1 saturated carbocycles. The zero-order valence-corrected chi connectivity index (χ0v) is 12.7. The highest BCUT2D eigenvalue weighted by Crippen LogP contribution is 2.44. The van der Waals surface area contributed by atoms with E-state index in [2.05, 4.69) is 24.1 Å². The normalized spacial score (nSPS) is 27.8. The van der Waals surface area contributed by atoms with Gasteiger partial charge in [-0.15, -0.1) is 11.3 Å². The van der Waals surface area contributed by atoms with Crippen LogP contribution in [0.1, 0.15) is 48.9 Å². The molecule has 1 N–H and O–H groups in total. The van der Waals surface area contributed by atoms with Gasteiger partial charge in [0.2, 0.25) is 0 Å². The lowest BCUT2D eigenvalue weighted by Gasteiger charge is -2.34. The summed E-state index contributed by atoms with van der Waals surface area (Å²) in [6.45, 7) is 6.01. The second-order valence-electron chi connectivity index (χ2n) is 5.66. The number of nitrogens with one attached hydrogen (secondary N) is 1. The molecule has 1 fully saturated rings. The summed E-state index contributed by atoms with van der Waals surface area (Å²) >= 11 is 0.822. The maximum Gasteiger partial charge on any atom is 0.443 e. The number of hydrogen-bond acceptors (Lipinski definition) is 3. The zero-order chi connectivity index (χ0) is 14.8. The third kappa shape index (κ3) is 3.73. The van der Waals surface area contributed by atoms with Crippen LogP contribution in [0.5, 0.6) is 0 Å². The van der Waals surface area contributed by atoms with Gasteiger partial charge in [-0.25, -0.2) is 4.98 Å². The summed E-state index contributed by atoms with van der Waals surface area (Å²) in [7, 11) is 0. The number of halogens is 3. The van der Waals surface area contributed by atoms with Crippen molar-refractivity contribution in [1.29, 1.82) is 0 Å². The van der Waals surface area contributed by atoms with E-state index in [4.69, 9.17) is 0 Å². The van der Waals surface area contributed by atoms with Crippen LogP contribution >= 0.6 is 11.3 Å². The molecule has 0 spiro atoms. The molecule has 1 aliphatic carbocycles. The van der Waals surface area contributed by atoms with Crippen molar-refractivity contribution in [2.45, 2.75) is 45.2 Å². The molecular formula is C14H21F3N2S. The summed E-state index contributed by atoms with van der Waals surface area (Å²) in [5.74, 6) is 1.22. The van der Waals surface area contributed by atoms with Crippen molar-refractivity contribution in [3.05, 3.63) is 16.1 Å². The highest BCUT2D eigenvalue weighted by atomic mass is 32.1. The summed E-state index contributed by atoms with van der Waals surface area (Å²) in [5.41, 5.74) is 0. The maximum absolute atomic E-state index is 12.7. The van der Waals surface area contributed by atoms with Crippen molar-refractivity contribution >= 4 is 11.3 Å². The molecule has 2 nitrogen and oxygen atoms in total. The topological polar surface area (TPSA) is 24.9 Å². The maximum atomic E-state index is 12.7. The lowest BCUT2D eigenvalue weighted by Crippen LogP contribution is -2.31. The number of alkyl halides is 3. The summed E-state index contributed by atoms with van der Waals surface area (Å²) in [5, 5.41) is 2.62. The molecule has 1 aromatic heterocycles. The zero-order valence-electron chi connectivity index (χ0n) is 11.8. The summed E-state index contributed by atoms with van der Waals surface area (Å²) in [6.07, 6.45) is 0.334. The first kappa shape index (κ1) is 15.8. The lowest BCUT2D eigenvalue weighted by molar-refractivity contribution is -0.137. The fraction of sp³-hybridized carbons (Fsp3) is 0.786. The van der Waals surface area contributed by atoms with Gasteiger partial charge in [0.25, 0.3) is 0 Å². The Hall–Kier alpha value is -0.620. The standard InChI is InChI=1S/C14H21F3N2S/c1-3-18-7-10-5-4-9(2)6-11(10)12-8-19-13(20-12)14(15,16)17/h8-11,18H,3-7H2,1-2H3. The van der Waals surface area contributed by atoms with Crippen molar-refractivity contribution < 1.29 is 13.2 Å². The van der Waals surface area contributed by atoms with Crippen LogP contribution in [0.2, 0.25) is 0 Å². The predicted molar refractivity (Wildman–Crippen MR) is 74.9 cm³/mol. The van der Waals surface area contributed by atoms with Crippen LogP contribution in [0, 0.1) is 11.8 Å². The molecule has 1 heterocycles. The highest BCUT2D eigenvalue weighted by molar-refractivity contribution is 7.11. The van der Waals surface area contributed by atoms with Crippen LogP contribution in [0.15, 0.2) is 6.20 Å². The van der Waals surface area contributed by atoms with Crippen molar-refractivity contribution in [2.75, 3.05) is 13.1 Å². The molecule has 1 aliphatic rings. The van der Waals surface area contributed by atoms with Crippen LogP contribution < -0.4 is 5.32 Å². The third-order valence-corrected chi connectivity index (χ3v) is 5.22. The molecule has 0 amide bonds. The molecule has 0 radical (unpaired) electrons. The predicted octanol–water partition coefficient (Wildman–Crippen LogP) is 4.29. The smallest absolute Gasteiger partial charge is 0.317 e. The molecule has 0 aliphatic heterocycles. The van der Waals surface area contributed by atoms with E-state index >= 15 is 0 Å². The molecular weight excluding hydrogens is 285 g/mol. The quantitative estimate of drug-likeness (QED) is 0.897. The van der Waals surface area contributed by atoms with E-state index in [1.165, 1.54) is 6.20 Å². The second kappa shape index (κ2) is 6.43. The number of thiazole rings is 1. The van der Waals surface area contributed by atoms with Crippen LogP contribution in [0.3, 0.4) is 0 Å². The molecule has 6 heteroatoms. The van der Waals surface area contributed by atoms with Gasteiger partial charge >= 0.3 is 6.18 Å². The van der Waals surface area contributed by atoms with Crippen LogP contribution in [0.25, 0.3) is 0 Å². The van der Waals surface area contributed by atoms with Gasteiger partial charge in [0.15, 0.2) is 5.01 Å². The van der Waals surface area contributed by atoms with Gasteiger partial charge in [0.1, 0.15) is 0 Å². The molecule has 0 aromatic carbocycles.